The summed E-state index contributed by atoms with van der Waals surface area (Å²) in [5.74, 6) is 0.189. The van der Waals surface area contributed by atoms with Gasteiger partial charge in [-0.1, -0.05) is 34.1 Å². The van der Waals surface area contributed by atoms with Crippen molar-refractivity contribution >= 4 is 39.2 Å². The van der Waals surface area contributed by atoms with Gasteiger partial charge in [0.05, 0.1) is 0 Å². The molecule has 0 aliphatic heterocycles. The lowest BCUT2D eigenvalue weighted by molar-refractivity contribution is 0.589. The minimum atomic E-state index is -0.266. The van der Waals surface area contributed by atoms with Gasteiger partial charge in [0.15, 0.2) is 5.58 Å². The van der Waals surface area contributed by atoms with Crippen LogP contribution in [0, 0.1) is 5.82 Å². The monoisotopic (exact) mass is 317 g/mol. The molecule has 1 heterocycles. The lowest BCUT2D eigenvalue weighted by Crippen LogP contribution is -1.79. The van der Waals surface area contributed by atoms with E-state index in [4.69, 9.17) is 4.42 Å². The van der Waals surface area contributed by atoms with Crippen molar-refractivity contribution in [3.05, 3.63) is 64.2 Å². The van der Waals surface area contributed by atoms with Gasteiger partial charge in [0.2, 0.25) is 5.89 Å². The fourth-order valence-electron chi connectivity index (χ4n) is 1.76. The molecule has 0 spiro atoms. The van der Waals surface area contributed by atoms with E-state index in [1.165, 1.54) is 6.07 Å². The molecule has 0 N–H and O–H groups in total. The van der Waals surface area contributed by atoms with Crippen LogP contribution >= 0.6 is 15.9 Å². The minimum Gasteiger partial charge on any atom is -0.437 e. The number of oxazole rings is 1. The molecule has 2 aromatic carbocycles. The van der Waals surface area contributed by atoms with Crippen LogP contribution in [-0.2, 0) is 0 Å². The molecule has 0 atom stereocenters. The first kappa shape index (κ1) is 12.1. The second-order valence-corrected chi connectivity index (χ2v) is 4.93. The predicted octanol–water partition coefficient (Wildman–Crippen LogP) is 4.90. The Morgan fingerprint density at radius 3 is 2.79 bits per heavy atom. The van der Waals surface area contributed by atoms with E-state index in [0.717, 1.165) is 9.99 Å². The molecule has 1 aromatic heterocycles. The van der Waals surface area contributed by atoms with E-state index >= 15 is 0 Å². The first-order valence-electron chi connectivity index (χ1n) is 5.71. The summed E-state index contributed by atoms with van der Waals surface area (Å²) in [4.78, 5) is 4.30. The van der Waals surface area contributed by atoms with Crippen molar-refractivity contribution in [2.24, 2.45) is 0 Å². The van der Waals surface area contributed by atoms with E-state index < -0.39 is 0 Å². The number of nitrogens with zero attached hydrogens (tertiary/aromatic N) is 1. The molecule has 0 unspecified atom stereocenters. The van der Waals surface area contributed by atoms with Crippen LogP contribution in [0.25, 0.3) is 23.3 Å². The summed E-state index contributed by atoms with van der Waals surface area (Å²) in [6.07, 6.45) is 3.31. The van der Waals surface area contributed by atoms with Gasteiger partial charge < -0.3 is 4.42 Å². The van der Waals surface area contributed by atoms with Gasteiger partial charge in [0.25, 0.3) is 0 Å². The molecule has 0 fully saturated rings. The highest BCUT2D eigenvalue weighted by Crippen LogP contribution is 2.21. The third kappa shape index (κ3) is 2.58. The number of aromatic nitrogens is 1. The van der Waals surface area contributed by atoms with E-state index in [2.05, 4.69) is 20.9 Å². The summed E-state index contributed by atoms with van der Waals surface area (Å²) in [5, 5.41) is 0. The lowest BCUT2D eigenvalue weighted by atomic mass is 10.2. The number of halogens is 2. The predicted molar refractivity (Wildman–Crippen MR) is 77.0 cm³/mol. The molecule has 3 aromatic rings. The summed E-state index contributed by atoms with van der Waals surface area (Å²) in [6.45, 7) is 0. The zero-order valence-corrected chi connectivity index (χ0v) is 11.4. The number of rotatable bonds is 2. The van der Waals surface area contributed by atoms with Gasteiger partial charge in [-0.15, -0.1) is 0 Å². The lowest BCUT2D eigenvalue weighted by Gasteiger charge is -1.93. The SMILES string of the molecule is Fc1ccccc1C=Cc1nc2ccc(Br)cc2o1. The second kappa shape index (κ2) is 4.97. The Bertz CT molecular complexity index is 764. The van der Waals surface area contributed by atoms with Crippen LogP contribution in [0.3, 0.4) is 0 Å². The zero-order chi connectivity index (χ0) is 13.2. The normalized spacial score (nSPS) is 11.5. The van der Waals surface area contributed by atoms with Gasteiger partial charge in [-0.2, -0.15) is 0 Å². The molecule has 2 nitrogen and oxygen atoms in total. The van der Waals surface area contributed by atoms with Gasteiger partial charge in [-0.05, 0) is 30.3 Å². The van der Waals surface area contributed by atoms with Gasteiger partial charge >= 0.3 is 0 Å². The summed E-state index contributed by atoms with van der Waals surface area (Å²) in [5.41, 5.74) is 1.98. The Labute approximate surface area is 117 Å². The number of fused-ring (bicyclic) bond motifs is 1. The maximum atomic E-state index is 13.4. The van der Waals surface area contributed by atoms with Crippen molar-refractivity contribution in [2.75, 3.05) is 0 Å². The minimum absolute atomic E-state index is 0.266. The Balaban J connectivity index is 1.95. The van der Waals surface area contributed by atoms with E-state index in [1.54, 1.807) is 30.4 Å². The first-order chi connectivity index (χ1) is 9.22. The van der Waals surface area contributed by atoms with Crippen LogP contribution in [0.15, 0.2) is 51.4 Å². The third-order valence-electron chi connectivity index (χ3n) is 2.68. The fourth-order valence-corrected chi connectivity index (χ4v) is 2.10. The summed E-state index contributed by atoms with van der Waals surface area (Å²) in [6, 6.07) is 12.2. The van der Waals surface area contributed by atoms with Gasteiger partial charge in [-0.25, -0.2) is 9.37 Å². The van der Waals surface area contributed by atoms with Crippen LogP contribution in [0.2, 0.25) is 0 Å². The summed E-state index contributed by atoms with van der Waals surface area (Å²) < 4.78 is 19.9. The maximum absolute atomic E-state index is 13.4. The van der Waals surface area contributed by atoms with E-state index in [-0.39, 0.29) is 5.82 Å². The zero-order valence-electron chi connectivity index (χ0n) is 9.81. The highest BCUT2D eigenvalue weighted by atomic mass is 79.9. The van der Waals surface area contributed by atoms with Crippen LogP contribution in [0.4, 0.5) is 4.39 Å². The Morgan fingerprint density at radius 2 is 1.95 bits per heavy atom. The first-order valence-corrected chi connectivity index (χ1v) is 6.50. The van der Waals surface area contributed by atoms with Crippen LogP contribution in [-0.4, -0.2) is 4.98 Å². The van der Waals surface area contributed by atoms with Gasteiger partial charge in [-0.3, -0.25) is 0 Å². The van der Waals surface area contributed by atoms with Gasteiger partial charge in [0.1, 0.15) is 11.3 Å². The highest BCUT2D eigenvalue weighted by molar-refractivity contribution is 9.10. The summed E-state index contributed by atoms with van der Waals surface area (Å²) in [7, 11) is 0. The van der Waals surface area contributed by atoms with Crippen LogP contribution in [0.1, 0.15) is 11.5 Å². The van der Waals surface area contributed by atoms with Crippen molar-refractivity contribution in [1.29, 1.82) is 0 Å². The smallest absolute Gasteiger partial charge is 0.220 e. The van der Waals surface area contributed by atoms with Crippen molar-refractivity contribution < 1.29 is 8.81 Å². The molecule has 4 heteroatoms. The highest BCUT2D eigenvalue weighted by Gasteiger charge is 2.03. The molecule has 0 saturated heterocycles. The Hall–Kier alpha value is -1.94. The van der Waals surface area contributed by atoms with Crippen LogP contribution in [0.5, 0.6) is 0 Å². The largest absolute Gasteiger partial charge is 0.437 e. The molecular formula is C15H9BrFNO. The molecule has 0 aliphatic rings. The Morgan fingerprint density at radius 1 is 1.11 bits per heavy atom. The van der Waals surface area contributed by atoms with Crippen molar-refractivity contribution in [2.45, 2.75) is 0 Å². The average molecular weight is 318 g/mol. The topological polar surface area (TPSA) is 26.0 Å². The van der Waals surface area contributed by atoms with Crippen molar-refractivity contribution in [3.63, 3.8) is 0 Å². The molecule has 0 radical (unpaired) electrons. The maximum Gasteiger partial charge on any atom is 0.220 e. The number of hydrogen-bond acceptors (Lipinski definition) is 2. The van der Waals surface area contributed by atoms with Crippen LogP contribution < -0.4 is 0 Å². The van der Waals surface area contributed by atoms with E-state index in [9.17, 15) is 4.39 Å². The Kier molecular flexibility index (Phi) is 3.17. The molecule has 19 heavy (non-hydrogen) atoms. The fraction of sp³-hybridized carbons (Fsp3) is 0. The molecule has 0 saturated carbocycles. The van der Waals surface area contributed by atoms with Crippen molar-refractivity contribution in [3.8, 4) is 0 Å². The number of benzene rings is 2. The molecule has 0 aliphatic carbocycles. The molecule has 3 rings (SSSR count). The van der Waals surface area contributed by atoms with E-state index in [1.807, 2.05) is 18.2 Å². The molecule has 0 amide bonds. The second-order valence-electron chi connectivity index (χ2n) is 4.02. The standard InChI is InChI=1S/C15H9BrFNO/c16-11-6-7-13-14(9-11)19-15(18-13)8-5-10-3-1-2-4-12(10)17/h1-9H. The third-order valence-corrected chi connectivity index (χ3v) is 3.17. The average Bonchev–Trinajstić information content (AvgIpc) is 2.79. The quantitative estimate of drug-likeness (QED) is 0.672. The molecule has 0 bridgehead atoms. The molecule has 94 valence electrons. The van der Waals surface area contributed by atoms with Crippen molar-refractivity contribution in [1.82, 2.24) is 4.98 Å². The molecular weight excluding hydrogens is 309 g/mol. The number of hydrogen-bond donors (Lipinski definition) is 0. The summed E-state index contributed by atoms with van der Waals surface area (Å²) >= 11 is 3.37. The van der Waals surface area contributed by atoms with Gasteiger partial charge in [0, 0.05) is 16.1 Å². The van der Waals surface area contributed by atoms with E-state index in [0.29, 0.717) is 17.0 Å².